The highest BCUT2D eigenvalue weighted by atomic mass is 35.5. The van der Waals surface area contributed by atoms with Crippen LogP contribution in [-0.2, 0) is 30.4 Å². The molecule has 0 radical (unpaired) electrons. The molecule has 0 aliphatic carbocycles. The van der Waals surface area contributed by atoms with Gasteiger partial charge in [-0.1, -0.05) is 34.8 Å². The first-order valence-corrected chi connectivity index (χ1v) is 10.5. The first-order chi connectivity index (χ1) is 14.4. The van der Waals surface area contributed by atoms with Gasteiger partial charge < -0.3 is 18.9 Å². The number of hydrogen-bond donors (Lipinski definition) is 0. The van der Waals surface area contributed by atoms with Crippen LogP contribution < -0.4 is 0 Å². The predicted octanol–water partition coefficient (Wildman–Crippen LogP) is 4.76. The average Bonchev–Trinajstić information content (AvgIpc) is 3.32. The number of ether oxygens (including phenoxy) is 2. The molecule has 1 aliphatic heterocycles. The highest BCUT2D eigenvalue weighted by Crippen LogP contribution is 2.32. The first kappa shape index (κ1) is 22.4. The first-order valence-electron chi connectivity index (χ1n) is 9.71. The smallest absolute Gasteiger partial charge is 0.354 e. The van der Waals surface area contributed by atoms with Crippen LogP contribution in [0.2, 0.25) is 10.0 Å². The van der Waals surface area contributed by atoms with Gasteiger partial charge in [0.2, 0.25) is 5.60 Å². The van der Waals surface area contributed by atoms with Gasteiger partial charge in [-0.2, -0.15) is 0 Å². The maximum absolute atomic E-state index is 12.1. The van der Waals surface area contributed by atoms with Crippen molar-refractivity contribution in [2.24, 2.45) is 5.16 Å². The highest BCUT2D eigenvalue weighted by molar-refractivity contribution is 6.38. The molecule has 9 heteroatoms. The number of aryl methyl sites for hydroxylation is 1. The predicted molar refractivity (Wildman–Crippen MR) is 115 cm³/mol. The molecular formula is C21H24Cl2N2O5. The van der Waals surface area contributed by atoms with Gasteiger partial charge in [-0.25, -0.2) is 4.79 Å². The third-order valence-electron chi connectivity index (χ3n) is 5.20. The topological polar surface area (TPSA) is 79.1 Å². The number of fused-ring (bicyclic) bond motifs is 1. The van der Waals surface area contributed by atoms with Crippen molar-refractivity contribution in [2.75, 3.05) is 14.2 Å². The third-order valence-corrected chi connectivity index (χ3v) is 5.70. The van der Waals surface area contributed by atoms with Crippen molar-refractivity contribution < 1.29 is 23.9 Å². The van der Waals surface area contributed by atoms with Crippen molar-refractivity contribution >= 4 is 51.8 Å². The van der Waals surface area contributed by atoms with E-state index in [-0.39, 0.29) is 12.8 Å². The summed E-state index contributed by atoms with van der Waals surface area (Å²) in [7, 11) is 2.52. The second-order valence-corrected chi connectivity index (χ2v) is 8.15. The number of hydrogen-bond acceptors (Lipinski definition) is 6. The molecule has 0 spiro atoms. The van der Waals surface area contributed by atoms with E-state index in [0.29, 0.717) is 16.5 Å². The molecule has 162 valence electrons. The summed E-state index contributed by atoms with van der Waals surface area (Å²) in [6.45, 7) is 0.836. The van der Waals surface area contributed by atoms with E-state index in [1.54, 1.807) is 6.07 Å². The summed E-state index contributed by atoms with van der Waals surface area (Å²) in [5.74, 6) is -1.17. The number of oxime groups is 1. The second kappa shape index (κ2) is 9.71. The zero-order valence-electron chi connectivity index (χ0n) is 17.0. The molecule has 0 N–H and O–H groups in total. The average molecular weight is 455 g/mol. The molecule has 1 atom stereocenters. The zero-order valence-corrected chi connectivity index (χ0v) is 18.5. The van der Waals surface area contributed by atoms with Crippen LogP contribution in [0.4, 0.5) is 0 Å². The van der Waals surface area contributed by atoms with Crippen LogP contribution in [0.3, 0.4) is 0 Å². The number of carbonyl (C=O) groups excluding carboxylic acids is 2. The number of carbonyl (C=O) groups is 2. The van der Waals surface area contributed by atoms with Crippen molar-refractivity contribution in [3.8, 4) is 0 Å². The number of methoxy groups -OCH3 is 2. The van der Waals surface area contributed by atoms with Crippen molar-refractivity contribution in [3.05, 3.63) is 34.4 Å². The minimum absolute atomic E-state index is 0.228. The molecule has 0 saturated heterocycles. The van der Waals surface area contributed by atoms with Gasteiger partial charge in [0.1, 0.15) is 0 Å². The second-order valence-electron chi connectivity index (χ2n) is 7.31. The maximum Gasteiger partial charge on any atom is 0.354 e. The summed E-state index contributed by atoms with van der Waals surface area (Å²) in [4.78, 5) is 29.2. The van der Waals surface area contributed by atoms with E-state index < -0.39 is 17.5 Å². The lowest BCUT2D eigenvalue weighted by Crippen LogP contribution is -2.42. The summed E-state index contributed by atoms with van der Waals surface area (Å²) in [5.41, 5.74) is 0.313. The van der Waals surface area contributed by atoms with E-state index in [1.807, 2.05) is 18.3 Å². The summed E-state index contributed by atoms with van der Waals surface area (Å²) < 4.78 is 11.6. The molecule has 7 nitrogen and oxygen atoms in total. The van der Waals surface area contributed by atoms with Crippen LogP contribution in [0.5, 0.6) is 0 Å². The zero-order chi connectivity index (χ0) is 21.7. The minimum atomic E-state index is -1.42. The number of benzene rings is 1. The van der Waals surface area contributed by atoms with Crippen LogP contribution in [0.25, 0.3) is 10.9 Å². The fraction of sp³-hybridized carbons (Fsp3) is 0.476. The van der Waals surface area contributed by atoms with E-state index in [4.69, 9.17) is 32.8 Å². The van der Waals surface area contributed by atoms with Gasteiger partial charge in [0.05, 0.1) is 36.9 Å². The lowest BCUT2D eigenvalue weighted by molar-refractivity contribution is -0.173. The van der Waals surface area contributed by atoms with Crippen LogP contribution in [0.1, 0.15) is 38.5 Å². The molecule has 1 aromatic heterocycles. The van der Waals surface area contributed by atoms with Crippen molar-refractivity contribution in [1.29, 1.82) is 0 Å². The number of aromatic nitrogens is 1. The summed E-state index contributed by atoms with van der Waals surface area (Å²) in [6.07, 6.45) is 5.51. The summed E-state index contributed by atoms with van der Waals surface area (Å²) in [5, 5.41) is 6.32. The van der Waals surface area contributed by atoms with E-state index in [1.165, 1.54) is 14.2 Å². The Kier molecular flexibility index (Phi) is 7.26. The molecule has 2 aromatic rings. The Morgan fingerprint density at radius 3 is 2.73 bits per heavy atom. The molecule has 30 heavy (non-hydrogen) atoms. The van der Waals surface area contributed by atoms with Gasteiger partial charge in [-0.05, 0) is 37.5 Å². The Bertz CT molecular complexity index is 972. The standard InChI is InChI=1S/C21H24Cl2N2O5/c1-28-18(26)13-21(20(27)29-2)12-16(24-30-21)6-4-3-5-8-25-9-7-14-10-15(22)11-17(23)19(14)25/h7,9-11H,3-6,8,12-13H2,1-2H3. The molecule has 2 heterocycles. The van der Waals surface area contributed by atoms with Crippen LogP contribution in [0.15, 0.2) is 29.6 Å². The number of rotatable bonds is 9. The van der Waals surface area contributed by atoms with Crippen LogP contribution in [0, 0.1) is 0 Å². The Hall–Kier alpha value is -2.25. The van der Waals surface area contributed by atoms with Crippen LogP contribution in [-0.4, -0.2) is 42.0 Å². The van der Waals surface area contributed by atoms with E-state index in [2.05, 4.69) is 14.5 Å². The Balaban J connectivity index is 1.48. The van der Waals surface area contributed by atoms with Crippen molar-refractivity contribution in [1.82, 2.24) is 4.57 Å². The molecule has 3 rings (SSSR count). The fourth-order valence-electron chi connectivity index (χ4n) is 3.68. The monoisotopic (exact) mass is 454 g/mol. The molecule has 1 unspecified atom stereocenters. The normalized spacial score (nSPS) is 18.2. The lowest BCUT2D eigenvalue weighted by atomic mass is 9.92. The number of unbranched alkanes of at least 4 members (excludes halogenated alkanes) is 2. The molecule has 0 bridgehead atoms. The van der Waals surface area contributed by atoms with Gasteiger partial charge in [0.15, 0.2) is 0 Å². The molecule has 0 amide bonds. The third kappa shape index (κ3) is 4.90. The quantitative estimate of drug-likeness (QED) is 0.403. The summed E-state index contributed by atoms with van der Waals surface area (Å²) in [6, 6.07) is 5.66. The largest absolute Gasteiger partial charge is 0.469 e. The van der Waals surface area contributed by atoms with E-state index >= 15 is 0 Å². The number of esters is 2. The van der Waals surface area contributed by atoms with E-state index in [0.717, 1.165) is 42.4 Å². The Morgan fingerprint density at radius 1 is 1.20 bits per heavy atom. The fourth-order valence-corrected chi connectivity index (χ4v) is 4.30. The van der Waals surface area contributed by atoms with Gasteiger partial charge in [0.25, 0.3) is 0 Å². The van der Waals surface area contributed by atoms with Gasteiger partial charge in [-0.15, -0.1) is 0 Å². The van der Waals surface area contributed by atoms with Crippen molar-refractivity contribution in [2.45, 2.75) is 50.7 Å². The van der Waals surface area contributed by atoms with Crippen molar-refractivity contribution in [3.63, 3.8) is 0 Å². The molecule has 0 fully saturated rings. The van der Waals surface area contributed by atoms with Gasteiger partial charge in [0, 0.05) is 29.6 Å². The molecule has 1 aromatic carbocycles. The lowest BCUT2D eigenvalue weighted by Gasteiger charge is -2.22. The maximum atomic E-state index is 12.1. The van der Waals surface area contributed by atoms with E-state index in [9.17, 15) is 9.59 Å². The van der Waals surface area contributed by atoms with Crippen LogP contribution >= 0.6 is 23.2 Å². The Morgan fingerprint density at radius 2 is 2.00 bits per heavy atom. The van der Waals surface area contributed by atoms with Gasteiger partial charge in [-0.3, -0.25) is 4.79 Å². The number of halogens is 2. The number of nitrogens with zero attached hydrogens (tertiary/aromatic N) is 2. The molecule has 0 saturated carbocycles. The summed E-state index contributed by atoms with van der Waals surface area (Å²) >= 11 is 12.4. The highest BCUT2D eigenvalue weighted by Gasteiger charge is 2.49. The Labute approximate surface area is 184 Å². The minimum Gasteiger partial charge on any atom is -0.469 e. The SMILES string of the molecule is COC(=O)CC1(C(=O)OC)CC(CCCCCn2ccc3cc(Cl)cc(Cl)c32)=NO1. The molecular weight excluding hydrogens is 431 g/mol. The molecule has 1 aliphatic rings. The van der Waals surface area contributed by atoms with Gasteiger partial charge >= 0.3 is 11.9 Å².